The number of nitrogen functional groups attached to an aromatic ring is 1. The molecular formula is C15H13Cl2N3O. The van der Waals surface area contributed by atoms with Crippen LogP contribution >= 0.6 is 23.2 Å². The molecule has 3 aromatic rings. The first-order chi connectivity index (χ1) is 10.0. The van der Waals surface area contributed by atoms with Gasteiger partial charge in [-0.2, -0.15) is 0 Å². The molecule has 0 fully saturated rings. The van der Waals surface area contributed by atoms with Crippen molar-refractivity contribution in [1.82, 2.24) is 9.55 Å². The summed E-state index contributed by atoms with van der Waals surface area (Å²) in [6.45, 7) is 1.90. The number of anilines is 1. The molecule has 6 heteroatoms. The van der Waals surface area contributed by atoms with Crippen molar-refractivity contribution in [2.45, 2.75) is 6.92 Å². The number of para-hydroxylation sites is 1. The summed E-state index contributed by atoms with van der Waals surface area (Å²) in [5.74, 6) is 0.989. The van der Waals surface area contributed by atoms with Gasteiger partial charge in [0, 0.05) is 5.02 Å². The number of nitrogens with two attached hydrogens (primary N) is 1. The lowest BCUT2D eigenvalue weighted by Crippen LogP contribution is -2.01. The molecule has 0 atom stereocenters. The molecule has 0 amide bonds. The van der Waals surface area contributed by atoms with Crippen molar-refractivity contribution >= 4 is 40.2 Å². The topological polar surface area (TPSA) is 53.1 Å². The third kappa shape index (κ3) is 2.20. The molecular weight excluding hydrogens is 309 g/mol. The molecule has 0 radical (unpaired) electrons. The van der Waals surface area contributed by atoms with Crippen molar-refractivity contribution in [2.75, 3.05) is 12.8 Å². The molecule has 4 nitrogen and oxygen atoms in total. The van der Waals surface area contributed by atoms with Crippen LogP contribution in [-0.4, -0.2) is 16.7 Å². The van der Waals surface area contributed by atoms with E-state index in [0.717, 1.165) is 11.1 Å². The number of aromatic nitrogens is 2. The van der Waals surface area contributed by atoms with Gasteiger partial charge in [-0.1, -0.05) is 29.3 Å². The summed E-state index contributed by atoms with van der Waals surface area (Å²) >= 11 is 12.6. The highest BCUT2D eigenvalue weighted by Crippen LogP contribution is 2.34. The van der Waals surface area contributed by atoms with Crippen LogP contribution in [0, 0.1) is 6.92 Å². The maximum atomic E-state index is 6.34. The Labute approximate surface area is 132 Å². The molecule has 0 spiro atoms. The van der Waals surface area contributed by atoms with Crippen LogP contribution in [0.3, 0.4) is 0 Å². The fraction of sp³-hybridized carbons (Fsp3) is 0.133. The van der Waals surface area contributed by atoms with E-state index in [1.165, 1.54) is 0 Å². The van der Waals surface area contributed by atoms with Crippen LogP contribution in [0.15, 0.2) is 30.3 Å². The van der Waals surface area contributed by atoms with E-state index in [-0.39, 0.29) is 0 Å². The average Bonchev–Trinajstić information content (AvgIpc) is 2.79. The summed E-state index contributed by atoms with van der Waals surface area (Å²) in [7, 11) is 1.60. The number of fused-ring (bicyclic) bond motifs is 1. The number of hydrogen-bond acceptors (Lipinski definition) is 3. The van der Waals surface area contributed by atoms with Crippen molar-refractivity contribution < 1.29 is 4.74 Å². The quantitative estimate of drug-likeness (QED) is 0.768. The van der Waals surface area contributed by atoms with Gasteiger partial charge in [0.15, 0.2) is 0 Å². The van der Waals surface area contributed by atoms with Gasteiger partial charge in [0.05, 0.1) is 23.3 Å². The SMILES string of the molecule is COc1cccc2c1nc(N)n2-c1cc(Cl)c(C)cc1Cl. The van der Waals surface area contributed by atoms with Crippen LogP contribution in [-0.2, 0) is 0 Å². The molecule has 1 aromatic heterocycles. The Morgan fingerprint density at radius 2 is 1.95 bits per heavy atom. The monoisotopic (exact) mass is 321 g/mol. The van der Waals surface area contributed by atoms with Gasteiger partial charge in [0.1, 0.15) is 11.3 Å². The van der Waals surface area contributed by atoms with Crippen LogP contribution in [0.2, 0.25) is 10.0 Å². The van der Waals surface area contributed by atoms with Crippen LogP contribution in [0.4, 0.5) is 5.95 Å². The minimum atomic E-state index is 0.330. The van der Waals surface area contributed by atoms with E-state index < -0.39 is 0 Å². The molecule has 0 aliphatic rings. The molecule has 2 aromatic carbocycles. The number of hydrogen-bond donors (Lipinski definition) is 1. The molecule has 1 heterocycles. The molecule has 0 bridgehead atoms. The van der Waals surface area contributed by atoms with Crippen LogP contribution in [0.5, 0.6) is 5.75 Å². The van der Waals surface area contributed by atoms with E-state index in [2.05, 4.69) is 4.98 Å². The standard InChI is InChI=1S/C15H13Cl2N3O/c1-8-6-10(17)12(7-9(8)16)20-11-4-3-5-13(21-2)14(11)19-15(20)18/h3-7H,1-2H3,(H2,18,19). The predicted octanol–water partition coefficient (Wildman–Crippen LogP) is 4.23. The number of imidazole rings is 1. The van der Waals surface area contributed by atoms with Crippen molar-refractivity contribution in [3.05, 3.63) is 45.9 Å². The number of ether oxygens (including phenoxy) is 1. The Hall–Kier alpha value is -1.91. The maximum absolute atomic E-state index is 6.34. The number of methoxy groups -OCH3 is 1. The summed E-state index contributed by atoms with van der Waals surface area (Å²) in [6, 6.07) is 9.22. The molecule has 0 unspecified atom stereocenters. The van der Waals surface area contributed by atoms with E-state index >= 15 is 0 Å². The van der Waals surface area contributed by atoms with Crippen molar-refractivity contribution in [2.24, 2.45) is 0 Å². The highest BCUT2D eigenvalue weighted by atomic mass is 35.5. The van der Waals surface area contributed by atoms with Gasteiger partial charge in [0.25, 0.3) is 0 Å². The largest absolute Gasteiger partial charge is 0.494 e. The van der Waals surface area contributed by atoms with E-state index in [4.69, 9.17) is 33.7 Å². The molecule has 0 saturated carbocycles. The Bertz CT molecular complexity index is 843. The summed E-state index contributed by atoms with van der Waals surface area (Å²) < 4.78 is 7.08. The van der Waals surface area contributed by atoms with Crippen molar-refractivity contribution in [3.8, 4) is 11.4 Å². The predicted molar refractivity (Wildman–Crippen MR) is 86.8 cm³/mol. The van der Waals surface area contributed by atoms with Gasteiger partial charge in [-0.15, -0.1) is 0 Å². The van der Waals surface area contributed by atoms with Gasteiger partial charge in [0.2, 0.25) is 5.95 Å². The number of nitrogens with zero attached hydrogens (tertiary/aromatic N) is 2. The second-order valence-corrected chi connectivity index (χ2v) is 5.50. The molecule has 0 aliphatic heterocycles. The average molecular weight is 322 g/mol. The fourth-order valence-electron chi connectivity index (χ4n) is 2.32. The number of aryl methyl sites for hydroxylation is 1. The highest BCUT2D eigenvalue weighted by molar-refractivity contribution is 6.35. The Morgan fingerprint density at radius 3 is 2.67 bits per heavy atom. The van der Waals surface area contributed by atoms with E-state index in [9.17, 15) is 0 Å². The zero-order valence-corrected chi connectivity index (χ0v) is 13.0. The number of rotatable bonds is 2. The van der Waals surface area contributed by atoms with Gasteiger partial charge in [-0.3, -0.25) is 4.57 Å². The van der Waals surface area contributed by atoms with Crippen LogP contribution in [0.1, 0.15) is 5.56 Å². The lowest BCUT2D eigenvalue weighted by atomic mass is 10.2. The van der Waals surface area contributed by atoms with E-state index in [1.54, 1.807) is 17.7 Å². The van der Waals surface area contributed by atoms with E-state index in [0.29, 0.717) is 32.9 Å². The smallest absolute Gasteiger partial charge is 0.206 e. The Kier molecular flexibility index (Phi) is 3.43. The van der Waals surface area contributed by atoms with Gasteiger partial charge in [-0.05, 0) is 36.8 Å². The van der Waals surface area contributed by atoms with Gasteiger partial charge < -0.3 is 10.5 Å². The van der Waals surface area contributed by atoms with Crippen molar-refractivity contribution in [1.29, 1.82) is 0 Å². The molecule has 0 aliphatic carbocycles. The minimum Gasteiger partial charge on any atom is -0.494 e. The molecule has 0 saturated heterocycles. The summed E-state index contributed by atoms with van der Waals surface area (Å²) in [5, 5.41) is 1.18. The second kappa shape index (κ2) is 5.13. The van der Waals surface area contributed by atoms with E-state index in [1.807, 2.05) is 31.2 Å². The summed E-state index contributed by atoms with van der Waals surface area (Å²) in [6.07, 6.45) is 0. The summed E-state index contributed by atoms with van der Waals surface area (Å²) in [5.41, 5.74) is 9.16. The Morgan fingerprint density at radius 1 is 1.19 bits per heavy atom. The number of halogens is 2. The molecule has 2 N–H and O–H groups in total. The normalized spacial score (nSPS) is 11.0. The third-order valence-corrected chi connectivity index (χ3v) is 4.07. The number of benzene rings is 2. The van der Waals surface area contributed by atoms with Crippen molar-refractivity contribution in [3.63, 3.8) is 0 Å². The van der Waals surface area contributed by atoms with Gasteiger partial charge >= 0.3 is 0 Å². The Balaban J connectivity index is 2.36. The van der Waals surface area contributed by atoms with Crippen LogP contribution < -0.4 is 10.5 Å². The first-order valence-corrected chi connectivity index (χ1v) is 7.05. The third-order valence-electron chi connectivity index (χ3n) is 3.36. The minimum absolute atomic E-state index is 0.330. The zero-order valence-electron chi connectivity index (χ0n) is 11.5. The fourth-order valence-corrected chi connectivity index (χ4v) is 2.78. The highest BCUT2D eigenvalue weighted by Gasteiger charge is 2.16. The first kappa shape index (κ1) is 14.0. The van der Waals surface area contributed by atoms with Gasteiger partial charge in [-0.25, -0.2) is 4.98 Å². The lowest BCUT2D eigenvalue weighted by Gasteiger charge is -2.11. The molecule has 21 heavy (non-hydrogen) atoms. The zero-order chi connectivity index (χ0) is 15.1. The van der Waals surface area contributed by atoms with Crippen LogP contribution in [0.25, 0.3) is 16.7 Å². The second-order valence-electron chi connectivity index (χ2n) is 4.69. The molecule has 108 valence electrons. The lowest BCUT2D eigenvalue weighted by molar-refractivity contribution is 0.419. The molecule has 3 rings (SSSR count). The first-order valence-electron chi connectivity index (χ1n) is 6.30. The summed E-state index contributed by atoms with van der Waals surface area (Å²) in [4.78, 5) is 4.37. The maximum Gasteiger partial charge on any atom is 0.206 e.